The molecule has 2 nitrogen and oxygen atoms in total. The Morgan fingerprint density at radius 3 is 2.14 bits per heavy atom. The summed E-state index contributed by atoms with van der Waals surface area (Å²) >= 11 is 5.83. The smallest absolute Gasteiger partial charge is 0.150 e. The van der Waals surface area contributed by atoms with E-state index in [0.717, 1.165) is 17.7 Å². The minimum atomic E-state index is -0.755. The lowest BCUT2D eigenvalue weighted by Gasteiger charge is -2.28. The summed E-state index contributed by atoms with van der Waals surface area (Å²) < 4.78 is 28.1. The van der Waals surface area contributed by atoms with Crippen LogP contribution in [0.15, 0.2) is 36.4 Å². The molecular formula is C16H13ClF2N2. The Morgan fingerprint density at radius 2 is 1.67 bits per heavy atom. The molecule has 5 heteroatoms. The van der Waals surface area contributed by atoms with Crippen molar-refractivity contribution in [1.29, 1.82) is 5.26 Å². The van der Waals surface area contributed by atoms with Crippen molar-refractivity contribution >= 4 is 17.3 Å². The molecule has 0 radical (unpaired) electrons. The molecule has 0 heterocycles. The SMILES string of the molecule is CC(c1ccc(Cl)cc1)N(C)c1c(F)cc(C#N)cc1F. The predicted molar refractivity (Wildman–Crippen MR) is 79.3 cm³/mol. The first-order chi connectivity index (χ1) is 9.93. The van der Waals surface area contributed by atoms with E-state index in [2.05, 4.69) is 0 Å². The normalized spacial score (nSPS) is 11.8. The lowest BCUT2D eigenvalue weighted by atomic mass is 10.1. The van der Waals surface area contributed by atoms with E-state index in [1.165, 1.54) is 4.90 Å². The number of benzene rings is 2. The molecule has 0 aromatic heterocycles. The van der Waals surface area contributed by atoms with Gasteiger partial charge < -0.3 is 4.90 Å². The van der Waals surface area contributed by atoms with E-state index in [-0.39, 0.29) is 17.3 Å². The molecule has 0 saturated carbocycles. The van der Waals surface area contributed by atoms with Crippen LogP contribution in [0.25, 0.3) is 0 Å². The number of nitrogens with zero attached hydrogens (tertiary/aromatic N) is 2. The molecule has 2 aromatic carbocycles. The highest BCUT2D eigenvalue weighted by Gasteiger charge is 2.20. The van der Waals surface area contributed by atoms with Crippen LogP contribution in [-0.4, -0.2) is 7.05 Å². The van der Waals surface area contributed by atoms with Crippen LogP contribution in [0.1, 0.15) is 24.1 Å². The van der Waals surface area contributed by atoms with Crippen LogP contribution >= 0.6 is 11.6 Å². The van der Waals surface area contributed by atoms with Gasteiger partial charge in [0.1, 0.15) is 5.69 Å². The molecule has 1 unspecified atom stereocenters. The summed E-state index contributed by atoms with van der Waals surface area (Å²) in [5.41, 5.74) is 0.683. The van der Waals surface area contributed by atoms with Gasteiger partial charge in [-0.05, 0) is 36.8 Å². The zero-order valence-electron chi connectivity index (χ0n) is 11.6. The molecule has 2 rings (SSSR count). The van der Waals surface area contributed by atoms with Crippen LogP contribution in [0.5, 0.6) is 0 Å². The zero-order chi connectivity index (χ0) is 15.6. The Balaban J connectivity index is 2.38. The molecule has 108 valence electrons. The van der Waals surface area contributed by atoms with Gasteiger partial charge >= 0.3 is 0 Å². The average molecular weight is 307 g/mol. The number of hydrogen-bond donors (Lipinski definition) is 0. The number of hydrogen-bond acceptors (Lipinski definition) is 2. The molecule has 2 aromatic rings. The lowest BCUT2D eigenvalue weighted by molar-refractivity contribution is 0.565. The lowest BCUT2D eigenvalue weighted by Crippen LogP contribution is -2.24. The van der Waals surface area contributed by atoms with Gasteiger partial charge in [-0.3, -0.25) is 0 Å². The van der Waals surface area contributed by atoms with Gasteiger partial charge in [-0.15, -0.1) is 0 Å². The van der Waals surface area contributed by atoms with Crippen molar-refractivity contribution < 1.29 is 8.78 Å². The molecule has 0 amide bonds. The number of halogens is 3. The van der Waals surface area contributed by atoms with Gasteiger partial charge in [0.25, 0.3) is 0 Å². The molecule has 0 aliphatic carbocycles. The van der Waals surface area contributed by atoms with Crippen LogP contribution in [0.4, 0.5) is 14.5 Å². The van der Waals surface area contributed by atoms with Crippen LogP contribution in [0.3, 0.4) is 0 Å². The molecule has 0 saturated heterocycles. The van der Waals surface area contributed by atoms with E-state index in [1.807, 2.05) is 19.1 Å². The van der Waals surface area contributed by atoms with E-state index in [0.29, 0.717) is 5.02 Å². The Bertz CT molecular complexity index is 669. The van der Waals surface area contributed by atoms with Crippen LogP contribution in [0.2, 0.25) is 5.02 Å². The number of anilines is 1. The van der Waals surface area contributed by atoms with E-state index < -0.39 is 11.6 Å². The van der Waals surface area contributed by atoms with Gasteiger partial charge in [-0.2, -0.15) is 5.26 Å². The van der Waals surface area contributed by atoms with Gasteiger partial charge in [0.05, 0.1) is 17.7 Å². The van der Waals surface area contributed by atoms with Crippen molar-refractivity contribution in [3.8, 4) is 6.07 Å². The Morgan fingerprint density at radius 1 is 1.14 bits per heavy atom. The van der Waals surface area contributed by atoms with Crippen LogP contribution in [-0.2, 0) is 0 Å². The summed E-state index contributed by atoms with van der Waals surface area (Å²) in [5.74, 6) is -1.51. The molecule has 0 bridgehead atoms. The van der Waals surface area contributed by atoms with E-state index in [4.69, 9.17) is 16.9 Å². The molecular weight excluding hydrogens is 294 g/mol. The summed E-state index contributed by atoms with van der Waals surface area (Å²) in [4.78, 5) is 1.50. The summed E-state index contributed by atoms with van der Waals surface area (Å²) in [6.07, 6.45) is 0. The van der Waals surface area contributed by atoms with Crippen LogP contribution < -0.4 is 4.90 Å². The summed E-state index contributed by atoms with van der Waals surface area (Å²) in [6, 6.07) is 10.6. The van der Waals surface area contributed by atoms with Gasteiger partial charge in [0, 0.05) is 12.1 Å². The van der Waals surface area contributed by atoms with Crippen molar-refractivity contribution in [3.05, 3.63) is 64.2 Å². The molecule has 0 fully saturated rings. The number of nitriles is 1. The topological polar surface area (TPSA) is 27.0 Å². The van der Waals surface area contributed by atoms with E-state index in [9.17, 15) is 8.78 Å². The van der Waals surface area contributed by atoms with E-state index in [1.54, 1.807) is 25.2 Å². The van der Waals surface area contributed by atoms with Gasteiger partial charge in [0.15, 0.2) is 11.6 Å². The van der Waals surface area contributed by atoms with Gasteiger partial charge in [0.2, 0.25) is 0 Å². The molecule has 0 spiro atoms. The summed E-state index contributed by atoms with van der Waals surface area (Å²) in [5, 5.41) is 9.32. The third-order valence-corrected chi connectivity index (χ3v) is 3.68. The fraction of sp³-hybridized carbons (Fsp3) is 0.188. The highest BCUT2D eigenvalue weighted by Crippen LogP contribution is 2.31. The van der Waals surface area contributed by atoms with Gasteiger partial charge in [-0.25, -0.2) is 8.78 Å². The van der Waals surface area contributed by atoms with Crippen molar-refractivity contribution in [2.45, 2.75) is 13.0 Å². The second-order valence-corrected chi connectivity index (χ2v) is 5.18. The van der Waals surface area contributed by atoms with Crippen molar-refractivity contribution in [2.75, 3.05) is 11.9 Å². The minimum absolute atomic E-state index is 0.0405. The molecule has 0 aliphatic rings. The first kappa shape index (κ1) is 15.3. The van der Waals surface area contributed by atoms with E-state index >= 15 is 0 Å². The third-order valence-electron chi connectivity index (χ3n) is 3.43. The van der Waals surface area contributed by atoms with Crippen molar-refractivity contribution in [3.63, 3.8) is 0 Å². The maximum atomic E-state index is 14.0. The fourth-order valence-electron chi connectivity index (χ4n) is 2.13. The first-order valence-electron chi connectivity index (χ1n) is 6.31. The minimum Gasteiger partial charge on any atom is -0.363 e. The molecule has 0 aliphatic heterocycles. The highest BCUT2D eigenvalue weighted by atomic mass is 35.5. The zero-order valence-corrected chi connectivity index (χ0v) is 12.3. The average Bonchev–Trinajstić information content (AvgIpc) is 2.46. The Kier molecular flexibility index (Phi) is 4.44. The second kappa shape index (κ2) is 6.11. The third kappa shape index (κ3) is 3.14. The summed E-state index contributed by atoms with van der Waals surface area (Å²) in [7, 11) is 1.60. The largest absolute Gasteiger partial charge is 0.363 e. The predicted octanol–water partition coefficient (Wildman–Crippen LogP) is 4.69. The fourth-order valence-corrected chi connectivity index (χ4v) is 2.25. The molecule has 21 heavy (non-hydrogen) atoms. The monoisotopic (exact) mass is 306 g/mol. The van der Waals surface area contributed by atoms with Crippen molar-refractivity contribution in [1.82, 2.24) is 0 Å². The standard InChI is InChI=1S/C16H13ClF2N2/c1-10(12-3-5-13(17)6-4-12)21(2)16-14(18)7-11(9-20)8-15(16)19/h3-8,10H,1-2H3. The second-order valence-electron chi connectivity index (χ2n) is 4.74. The maximum Gasteiger partial charge on any atom is 0.150 e. The van der Waals surface area contributed by atoms with Crippen molar-refractivity contribution in [2.24, 2.45) is 0 Å². The first-order valence-corrected chi connectivity index (χ1v) is 6.69. The molecule has 0 N–H and O–H groups in total. The van der Waals surface area contributed by atoms with Gasteiger partial charge in [-0.1, -0.05) is 23.7 Å². The Hall–Kier alpha value is -2.12. The highest BCUT2D eigenvalue weighted by molar-refractivity contribution is 6.30. The Labute approximate surface area is 127 Å². The maximum absolute atomic E-state index is 14.0. The molecule has 1 atom stereocenters. The quantitative estimate of drug-likeness (QED) is 0.822. The van der Waals surface area contributed by atoms with Crippen LogP contribution in [0, 0.1) is 23.0 Å². The summed E-state index contributed by atoms with van der Waals surface area (Å²) in [6.45, 7) is 1.83. The number of rotatable bonds is 3.